The zero-order valence-corrected chi connectivity index (χ0v) is 25.3. The average molecular weight is 621 g/mol. The van der Waals surface area contributed by atoms with Gasteiger partial charge in [-0.3, -0.25) is 24.1 Å². The highest BCUT2D eigenvalue weighted by Gasteiger charge is 2.51. The van der Waals surface area contributed by atoms with E-state index < -0.39 is 46.8 Å². The fourth-order valence-electron chi connectivity index (χ4n) is 4.51. The number of likely N-dealkylation sites (tertiary alicyclic amines) is 1. The second kappa shape index (κ2) is 15.6. The third kappa shape index (κ3) is 8.09. The maximum absolute atomic E-state index is 12.6. The third-order valence-electron chi connectivity index (χ3n) is 7.07. The van der Waals surface area contributed by atoms with Crippen LogP contribution in [-0.2, 0) is 33.4 Å². The number of morpholine rings is 1. The lowest BCUT2D eigenvalue weighted by molar-refractivity contribution is -0.186. The van der Waals surface area contributed by atoms with E-state index in [0.29, 0.717) is 24.2 Å². The van der Waals surface area contributed by atoms with Crippen molar-refractivity contribution in [1.82, 2.24) is 9.80 Å². The Morgan fingerprint density at radius 2 is 1.40 bits per heavy atom. The molecule has 2 aromatic rings. The average Bonchev–Trinajstić information content (AvgIpc) is 3.05. The van der Waals surface area contributed by atoms with E-state index in [2.05, 4.69) is 13.2 Å². The number of piperidine rings is 1. The predicted octanol–water partition coefficient (Wildman–Crippen LogP) is 3.72. The normalized spacial score (nSPS) is 21.0. The van der Waals surface area contributed by atoms with E-state index in [1.165, 1.54) is 26.0 Å². The predicted molar refractivity (Wildman–Crippen MR) is 161 cm³/mol. The Labute approximate surface area is 261 Å². The van der Waals surface area contributed by atoms with E-state index in [-0.39, 0.29) is 32.9 Å². The molecule has 0 aromatic heterocycles. The van der Waals surface area contributed by atoms with Crippen molar-refractivity contribution in [2.75, 3.05) is 32.9 Å². The lowest BCUT2D eigenvalue weighted by Gasteiger charge is -2.36. The molecule has 2 aromatic carbocycles. The number of ether oxygens (including phenoxy) is 4. The third-order valence-corrected chi connectivity index (χ3v) is 7.07. The number of nitrogens with zero attached hydrogens (tertiary/aromatic N) is 2. The standard InChI is InChI=1S/C17H19NO5.C16H17NO5/c1-3-12-22-15(20)17(2)10-7-11-18(14(17)19)16(21)23-13-8-5-4-6-9-13;1-3-10-21-15(20)16(2)14(19)17(9-11-22-16)13(18)12-7-5-4-6-8-12/h3-6,8-9H,1,7,10-12H2,2H3;3-8H,1,9-11H2,2H3. The molecule has 4 rings (SSSR count). The molecule has 2 fully saturated rings. The summed E-state index contributed by atoms with van der Waals surface area (Å²) in [7, 11) is 0. The fourth-order valence-corrected chi connectivity index (χ4v) is 4.51. The zero-order valence-electron chi connectivity index (χ0n) is 25.3. The Hall–Kier alpha value is -5.10. The molecule has 12 heteroatoms. The van der Waals surface area contributed by atoms with Gasteiger partial charge in [0.2, 0.25) is 11.5 Å². The number of amides is 4. The van der Waals surface area contributed by atoms with Crippen LogP contribution in [0.1, 0.15) is 37.0 Å². The molecule has 2 aliphatic rings. The van der Waals surface area contributed by atoms with Gasteiger partial charge in [0.15, 0.2) is 0 Å². The first kappa shape index (κ1) is 34.4. The van der Waals surface area contributed by atoms with Crippen molar-refractivity contribution in [1.29, 1.82) is 0 Å². The maximum atomic E-state index is 12.6. The summed E-state index contributed by atoms with van der Waals surface area (Å²) in [5.41, 5.74) is -2.82. The van der Waals surface area contributed by atoms with E-state index in [1.807, 2.05) is 0 Å². The summed E-state index contributed by atoms with van der Waals surface area (Å²) in [6.07, 6.45) is 2.87. The SMILES string of the molecule is C=CCOC(=O)C1(C)CCCN(C(=O)Oc2ccccc2)C1=O.C=CCOC(=O)C1(C)OCCN(C(=O)c2ccccc2)C1=O. The van der Waals surface area contributed by atoms with Gasteiger partial charge in [0.25, 0.3) is 11.8 Å². The number of benzene rings is 2. The number of hydrogen-bond donors (Lipinski definition) is 0. The largest absolute Gasteiger partial charge is 0.461 e. The molecule has 2 heterocycles. The monoisotopic (exact) mass is 620 g/mol. The van der Waals surface area contributed by atoms with Gasteiger partial charge in [0, 0.05) is 12.1 Å². The van der Waals surface area contributed by atoms with Crippen molar-refractivity contribution in [3.8, 4) is 5.75 Å². The second-order valence-electron chi connectivity index (χ2n) is 10.4. The van der Waals surface area contributed by atoms with Gasteiger partial charge in [-0.2, -0.15) is 0 Å². The Balaban J connectivity index is 0.000000246. The molecule has 2 atom stereocenters. The van der Waals surface area contributed by atoms with Crippen LogP contribution in [0.2, 0.25) is 0 Å². The Bertz CT molecular complexity index is 1430. The Kier molecular flexibility index (Phi) is 11.9. The molecule has 12 nitrogen and oxygen atoms in total. The fraction of sp³-hybridized carbons (Fsp3) is 0.333. The van der Waals surface area contributed by atoms with Gasteiger partial charge < -0.3 is 18.9 Å². The topological polar surface area (TPSA) is 146 Å². The number of esters is 2. The molecular weight excluding hydrogens is 584 g/mol. The van der Waals surface area contributed by atoms with Crippen LogP contribution in [0.5, 0.6) is 5.75 Å². The van der Waals surface area contributed by atoms with Crippen LogP contribution in [0.15, 0.2) is 86.0 Å². The minimum absolute atomic E-state index is 0.0240. The second-order valence-corrected chi connectivity index (χ2v) is 10.4. The molecule has 0 aliphatic carbocycles. The number of para-hydroxylation sites is 1. The van der Waals surface area contributed by atoms with E-state index in [1.54, 1.807) is 60.7 Å². The first-order chi connectivity index (χ1) is 21.5. The number of imide groups is 2. The minimum Gasteiger partial charge on any atom is -0.461 e. The maximum Gasteiger partial charge on any atom is 0.422 e. The highest BCUT2D eigenvalue weighted by Crippen LogP contribution is 2.33. The van der Waals surface area contributed by atoms with Gasteiger partial charge in [-0.1, -0.05) is 61.7 Å². The molecule has 2 aliphatic heterocycles. The quantitative estimate of drug-likeness (QED) is 0.185. The van der Waals surface area contributed by atoms with Crippen LogP contribution < -0.4 is 4.74 Å². The van der Waals surface area contributed by atoms with Crippen LogP contribution in [0.25, 0.3) is 0 Å². The first-order valence-electron chi connectivity index (χ1n) is 14.2. The van der Waals surface area contributed by atoms with Crippen LogP contribution >= 0.6 is 0 Å². The zero-order chi connectivity index (χ0) is 33.0. The molecule has 0 spiro atoms. The van der Waals surface area contributed by atoms with Crippen LogP contribution in [0.4, 0.5) is 4.79 Å². The van der Waals surface area contributed by atoms with Gasteiger partial charge in [0.05, 0.1) is 13.2 Å². The van der Waals surface area contributed by atoms with E-state index in [4.69, 9.17) is 18.9 Å². The van der Waals surface area contributed by atoms with Crippen LogP contribution in [0.3, 0.4) is 0 Å². The Morgan fingerprint density at radius 1 is 0.822 bits per heavy atom. The summed E-state index contributed by atoms with van der Waals surface area (Å²) < 4.78 is 20.4. The lowest BCUT2D eigenvalue weighted by atomic mass is 9.81. The van der Waals surface area contributed by atoms with Crippen LogP contribution in [-0.4, -0.2) is 84.1 Å². The highest BCUT2D eigenvalue weighted by atomic mass is 16.6. The number of hydrogen-bond acceptors (Lipinski definition) is 10. The summed E-state index contributed by atoms with van der Waals surface area (Å²) in [4.78, 5) is 75.9. The van der Waals surface area contributed by atoms with Crippen molar-refractivity contribution in [2.24, 2.45) is 5.41 Å². The molecule has 0 bridgehead atoms. The lowest BCUT2D eigenvalue weighted by Crippen LogP contribution is -2.61. The van der Waals surface area contributed by atoms with Gasteiger partial charge in [-0.15, -0.1) is 0 Å². The minimum atomic E-state index is -1.81. The molecule has 0 saturated carbocycles. The van der Waals surface area contributed by atoms with Gasteiger partial charge in [0.1, 0.15) is 24.4 Å². The molecule has 238 valence electrons. The molecule has 4 amide bonds. The van der Waals surface area contributed by atoms with E-state index in [9.17, 15) is 28.8 Å². The van der Waals surface area contributed by atoms with Crippen molar-refractivity contribution < 1.29 is 47.7 Å². The molecular formula is C33H36N2O10. The molecule has 0 N–H and O–H groups in total. The molecule has 2 unspecified atom stereocenters. The molecule has 0 radical (unpaired) electrons. The smallest absolute Gasteiger partial charge is 0.422 e. The van der Waals surface area contributed by atoms with Gasteiger partial charge in [-0.05, 0) is 51.0 Å². The summed E-state index contributed by atoms with van der Waals surface area (Å²) >= 11 is 0. The first-order valence-corrected chi connectivity index (χ1v) is 14.2. The summed E-state index contributed by atoms with van der Waals surface area (Å²) in [6.45, 7) is 10.1. The summed E-state index contributed by atoms with van der Waals surface area (Å²) in [5, 5.41) is 0. The van der Waals surface area contributed by atoms with Gasteiger partial charge in [-0.25, -0.2) is 14.5 Å². The van der Waals surface area contributed by atoms with E-state index in [0.717, 1.165) is 9.80 Å². The number of rotatable bonds is 8. The summed E-state index contributed by atoms with van der Waals surface area (Å²) in [5.74, 6) is -2.92. The van der Waals surface area contributed by atoms with Gasteiger partial charge >= 0.3 is 18.0 Å². The molecule has 2 saturated heterocycles. The number of carbonyl (C=O) groups excluding carboxylic acids is 6. The highest BCUT2D eigenvalue weighted by molar-refractivity contribution is 6.14. The van der Waals surface area contributed by atoms with Crippen LogP contribution in [0, 0.1) is 5.41 Å². The van der Waals surface area contributed by atoms with Crippen molar-refractivity contribution in [3.05, 3.63) is 91.5 Å². The Morgan fingerprint density at radius 3 is 2.00 bits per heavy atom. The van der Waals surface area contributed by atoms with Crippen molar-refractivity contribution in [2.45, 2.75) is 32.3 Å². The van der Waals surface area contributed by atoms with Crippen molar-refractivity contribution >= 4 is 35.8 Å². The molecule has 45 heavy (non-hydrogen) atoms. The number of carbonyl (C=O) groups is 6. The van der Waals surface area contributed by atoms with E-state index >= 15 is 0 Å². The van der Waals surface area contributed by atoms with Crippen molar-refractivity contribution in [3.63, 3.8) is 0 Å². The summed E-state index contributed by atoms with van der Waals surface area (Å²) in [6, 6.07) is 16.9.